The zero-order valence-electron chi connectivity index (χ0n) is 19.7. The second-order valence-corrected chi connectivity index (χ2v) is 9.63. The highest BCUT2D eigenvalue weighted by Gasteiger charge is 2.36. The smallest absolute Gasteiger partial charge is 0.294 e. The Morgan fingerprint density at radius 2 is 1.73 bits per heavy atom. The fourth-order valence-corrected chi connectivity index (χ4v) is 4.80. The topological polar surface area (TPSA) is 84.9 Å². The van der Waals surface area contributed by atoms with E-state index in [-0.39, 0.29) is 16.5 Å². The van der Waals surface area contributed by atoms with Gasteiger partial charge in [0.05, 0.1) is 16.5 Å². The number of nitrogens with one attached hydrogen (secondary N) is 1. The molecule has 0 aromatic heterocycles. The van der Waals surface area contributed by atoms with Gasteiger partial charge in [0.2, 0.25) is 5.91 Å². The van der Waals surface area contributed by atoms with Gasteiger partial charge in [0.25, 0.3) is 11.1 Å². The molecule has 0 spiro atoms. The standard InChI is InChI=1S/C27H22Cl2N2O5S/c1-2-35-22-13-17(12-21(29)25(22)36-16-18-8-6-7-11-20(18)28)14-23-26(33)31(27(34)37-23)15-24(32)30-19-9-4-3-5-10-19/h3-14H,2,15-16H2,1H3,(H,30,32)/b23-14-. The molecule has 0 atom stereocenters. The van der Waals surface area contributed by atoms with Crippen LogP contribution in [0.1, 0.15) is 18.1 Å². The Morgan fingerprint density at radius 3 is 2.46 bits per heavy atom. The van der Waals surface area contributed by atoms with Gasteiger partial charge in [-0.2, -0.15) is 0 Å². The van der Waals surface area contributed by atoms with E-state index in [1.807, 2.05) is 31.2 Å². The van der Waals surface area contributed by atoms with Crippen LogP contribution >= 0.6 is 35.0 Å². The van der Waals surface area contributed by atoms with Crippen molar-refractivity contribution in [1.29, 1.82) is 0 Å². The van der Waals surface area contributed by atoms with E-state index in [1.165, 1.54) is 6.08 Å². The van der Waals surface area contributed by atoms with Crippen LogP contribution in [0.4, 0.5) is 10.5 Å². The quantitative estimate of drug-likeness (QED) is 0.297. The average molecular weight is 557 g/mol. The van der Waals surface area contributed by atoms with Crippen molar-refractivity contribution >= 4 is 63.8 Å². The van der Waals surface area contributed by atoms with E-state index in [0.29, 0.717) is 34.4 Å². The van der Waals surface area contributed by atoms with Gasteiger partial charge in [-0.1, -0.05) is 59.6 Å². The summed E-state index contributed by atoms with van der Waals surface area (Å²) < 4.78 is 11.6. The first-order valence-electron chi connectivity index (χ1n) is 11.3. The lowest BCUT2D eigenvalue weighted by molar-refractivity contribution is -0.127. The minimum absolute atomic E-state index is 0.167. The van der Waals surface area contributed by atoms with Crippen molar-refractivity contribution in [3.05, 3.63) is 92.8 Å². The highest BCUT2D eigenvalue weighted by Crippen LogP contribution is 2.39. The van der Waals surface area contributed by atoms with Gasteiger partial charge in [-0.25, -0.2) is 0 Å². The molecule has 3 aromatic rings. The molecule has 1 fully saturated rings. The van der Waals surface area contributed by atoms with Crippen molar-refractivity contribution in [3.8, 4) is 11.5 Å². The summed E-state index contributed by atoms with van der Waals surface area (Å²) in [5.41, 5.74) is 1.90. The molecule has 1 aliphatic heterocycles. The van der Waals surface area contributed by atoms with Crippen LogP contribution in [0.2, 0.25) is 10.0 Å². The van der Waals surface area contributed by atoms with Crippen molar-refractivity contribution in [1.82, 2.24) is 4.90 Å². The van der Waals surface area contributed by atoms with Crippen LogP contribution in [-0.2, 0) is 16.2 Å². The highest BCUT2D eigenvalue weighted by atomic mass is 35.5. The Balaban J connectivity index is 1.50. The Kier molecular flexibility index (Phi) is 8.76. The minimum atomic E-state index is -0.564. The van der Waals surface area contributed by atoms with E-state index < -0.39 is 23.6 Å². The molecule has 0 radical (unpaired) electrons. The van der Waals surface area contributed by atoms with E-state index in [4.69, 9.17) is 32.7 Å². The van der Waals surface area contributed by atoms with E-state index >= 15 is 0 Å². The number of nitrogens with zero attached hydrogens (tertiary/aromatic N) is 1. The lowest BCUT2D eigenvalue weighted by Gasteiger charge is -2.15. The summed E-state index contributed by atoms with van der Waals surface area (Å²) in [7, 11) is 0. The van der Waals surface area contributed by atoms with Crippen molar-refractivity contribution in [2.75, 3.05) is 18.5 Å². The highest BCUT2D eigenvalue weighted by molar-refractivity contribution is 8.18. The summed E-state index contributed by atoms with van der Waals surface area (Å²) in [6, 6.07) is 19.4. The minimum Gasteiger partial charge on any atom is -0.490 e. The maximum atomic E-state index is 12.9. The first-order valence-corrected chi connectivity index (χ1v) is 12.9. The summed E-state index contributed by atoms with van der Waals surface area (Å²) in [5.74, 6) is -0.316. The largest absolute Gasteiger partial charge is 0.490 e. The third-order valence-electron chi connectivity index (χ3n) is 5.19. The van der Waals surface area contributed by atoms with E-state index in [9.17, 15) is 14.4 Å². The number of halogens is 2. The molecule has 190 valence electrons. The Labute approximate surface area is 228 Å². The van der Waals surface area contributed by atoms with Crippen molar-refractivity contribution in [3.63, 3.8) is 0 Å². The fraction of sp³-hybridized carbons (Fsp3) is 0.148. The molecule has 1 aliphatic rings. The molecule has 0 aliphatic carbocycles. The van der Waals surface area contributed by atoms with E-state index in [2.05, 4.69) is 5.32 Å². The van der Waals surface area contributed by atoms with Crippen LogP contribution in [0, 0.1) is 0 Å². The third kappa shape index (κ3) is 6.65. The van der Waals surface area contributed by atoms with Gasteiger partial charge < -0.3 is 14.8 Å². The fourth-order valence-electron chi connectivity index (χ4n) is 3.49. The number of amides is 3. The maximum absolute atomic E-state index is 12.9. The second-order valence-electron chi connectivity index (χ2n) is 7.83. The number of carbonyl (C=O) groups is 3. The Hall–Kier alpha value is -3.46. The first-order chi connectivity index (χ1) is 17.9. The lowest BCUT2D eigenvalue weighted by atomic mass is 10.1. The number of benzene rings is 3. The predicted molar refractivity (Wildman–Crippen MR) is 146 cm³/mol. The molecule has 1 N–H and O–H groups in total. The monoisotopic (exact) mass is 556 g/mol. The molecular formula is C27H22Cl2N2O5S. The van der Waals surface area contributed by atoms with Crippen LogP contribution in [0.3, 0.4) is 0 Å². The number of imide groups is 1. The lowest BCUT2D eigenvalue weighted by Crippen LogP contribution is -2.36. The molecule has 7 nitrogen and oxygen atoms in total. The normalized spacial score (nSPS) is 14.2. The summed E-state index contributed by atoms with van der Waals surface area (Å²) in [6.45, 7) is 1.97. The van der Waals surface area contributed by atoms with Crippen LogP contribution < -0.4 is 14.8 Å². The molecule has 3 amide bonds. The predicted octanol–water partition coefficient (Wildman–Crippen LogP) is 6.65. The van der Waals surface area contributed by atoms with Gasteiger partial charge in [0.1, 0.15) is 13.2 Å². The molecule has 1 heterocycles. The number of para-hydroxylation sites is 1. The third-order valence-corrected chi connectivity index (χ3v) is 6.75. The number of hydrogen-bond acceptors (Lipinski definition) is 6. The number of carbonyl (C=O) groups excluding carboxylic acids is 3. The van der Waals surface area contributed by atoms with Crippen LogP contribution in [0.15, 0.2) is 71.6 Å². The Morgan fingerprint density at radius 1 is 1.00 bits per heavy atom. The molecule has 1 saturated heterocycles. The van der Waals surface area contributed by atoms with Crippen molar-refractivity contribution < 1.29 is 23.9 Å². The van der Waals surface area contributed by atoms with Gasteiger partial charge in [0.15, 0.2) is 11.5 Å². The maximum Gasteiger partial charge on any atom is 0.294 e. The van der Waals surface area contributed by atoms with Crippen molar-refractivity contribution in [2.24, 2.45) is 0 Å². The Bertz CT molecular complexity index is 1360. The molecule has 4 rings (SSSR count). The number of ether oxygens (including phenoxy) is 2. The van der Waals surface area contributed by atoms with Crippen LogP contribution in [0.25, 0.3) is 6.08 Å². The molecule has 0 unspecified atom stereocenters. The molecule has 10 heteroatoms. The summed E-state index contributed by atoms with van der Waals surface area (Å²) in [6.07, 6.45) is 1.53. The molecule has 37 heavy (non-hydrogen) atoms. The molecule has 0 bridgehead atoms. The molecule has 3 aromatic carbocycles. The van der Waals surface area contributed by atoms with E-state index in [0.717, 1.165) is 22.2 Å². The summed E-state index contributed by atoms with van der Waals surface area (Å²) >= 11 is 13.5. The van der Waals surface area contributed by atoms with Crippen LogP contribution in [0.5, 0.6) is 11.5 Å². The zero-order chi connectivity index (χ0) is 26.4. The summed E-state index contributed by atoms with van der Waals surface area (Å²) in [5, 5.41) is 2.97. The zero-order valence-corrected chi connectivity index (χ0v) is 22.0. The van der Waals surface area contributed by atoms with Gasteiger partial charge >= 0.3 is 0 Å². The van der Waals surface area contributed by atoms with Gasteiger partial charge in [-0.05, 0) is 60.7 Å². The number of rotatable bonds is 9. The second kappa shape index (κ2) is 12.2. The summed E-state index contributed by atoms with van der Waals surface area (Å²) in [4.78, 5) is 38.8. The van der Waals surface area contributed by atoms with Gasteiger partial charge in [0, 0.05) is 16.3 Å². The number of thioether (sulfide) groups is 1. The van der Waals surface area contributed by atoms with Crippen molar-refractivity contribution in [2.45, 2.75) is 13.5 Å². The first kappa shape index (κ1) is 26.6. The number of anilines is 1. The van der Waals surface area contributed by atoms with E-state index in [1.54, 1.807) is 42.5 Å². The average Bonchev–Trinajstić information content (AvgIpc) is 3.12. The number of hydrogen-bond donors (Lipinski definition) is 1. The van der Waals surface area contributed by atoms with Gasteiger partial charge in [-0.15, -0.1) is 0 Å². The SMILES string of the molecule is CCOc1cc(/C=C2\SC(=O)N(CC(=O)Nc3ccccc3)C2=O)cc(Cl)c1OCc1ccccc1Cl. The molecular weight excluding hydrogens is 535 g/mol. The molecule has 0 saturated carbocycles. The van der Waals surface area contributed by atoms with Crippen LogP contribution in [-0.4, -0.2) is 35.1 Å². The van der Waals surface area contributed by atoms with Gasteiger partial charge in [-0.3, -0.25) is 19.3 Å².